The molecule has 0 aromatic heterocycles. The maximum atomic E-state index is 2.53. The van der Waals surface area contributed by atoms with E-state index in [4.69, 9.17) is 0 Å². The van der Waals surface area contributed by atoms with Gasteiger partial charge in [0, 0.05) is 27.6 Å². The second-order valence-corrected chi connectivity index (χ2v) is 19.7. The predicted molar refractivity (Wildman–Crippen MR) is 258 cm³/mol. The first-order valence-corrected chi connectivity index (χ1v) is 23.1. The number of nitrogens with zero attached hydrogens (tertiary/aromatic N) is 1. The summed E-state index contributed by atoms with van der Waals surface area (Å²) in [5.41, 5.74) is 22.8. The molecule has 4 saturated carbocycles. The van der Waals surface area contributed by atoms with Gasteiger partial charge in [0.05, 0.1) is 11.4 Å². The van der Waals surface area contributed by atoms with Crippen LogP contribution >= 0.6 is 0 Å². The van der Waals surface area contributed by atoms with E-state index >= 15 is 0 Å². The third-order valence-electron chi connectivity index (χ3n) is 16.3. The van der Waals surface area contributed by atoms with Gasteiger partial charge < -0.3 is 4.90 Å². The molecule has 0 unspecified atom stereocenters. The minimum atomic E-state index is -0.00843. The molecule has 8 aromatic carbocycles. The van der Waals surface area contributed by atoms with Gasteiger partial charge in [0.2, 0.25) is 0 Å². The van der Waals surface area contributed by atoms with Crippen LogP contribution in [0.1, 0.15) is 68.2 Å². The Balaban J connectivity index is 0.984. The van der Waals surface area contributed by atoms with Gasteiger partial charge >= 0.3 is 0 Å². The molecular weight excluding hydrogens is 747 g/mol. The van der Waals surface area contributed by atoms with Crippen LogP contribution in [0, 0.1) is 23.7 Å². The van der Waals surface area contributed by atoms with Crippen molar-refractivity contribution in [3.8, 4) is 55.6 Å². The van der Waals surface area contributed by atoms with Gasteiger partial charge in [-0.05, 0) is 153 Å². The first-order chi connectivity index (χ1) is 30.5. The summed E-state index contributed by atoms with van der Waals surface area (Å²) in [4.78, 5) is 2.53. The van der Waals surface area contributed by atoms with Crippen LogP contribution in [0.2, 0.25) is 0 Å². The van der Waals surface area contributed by atoms with Crippen molar-refractivity contribution >= 4 is 17.1 Å². The summed E-state index contributed by atoms with van der Waals surface area (Å²) >= 11 is 0. The number of para-hydroxylation sites is 2. The van der Waals surface area contributed by atoms with Crippen molar-refractivity contribution < 1.29 is 0 Å². The molecule has 6 aliphatic carbocycles. The van der Waals surface area contributed by atoms with Gasteiger partial charge in [-0.25, -0.2) is 0 Å². The smallest absolute Gasteiger partial charge is 0.0540 e. The van der Waals surface area contributed by atoms with Gasteiger partial charge in [-0.2, -0.15) is 0 Å². The zero-order chi connectivity index (χ0) is 41.2. The minimum Gasteiger partial charge on any atom is -0.309 e. The average Bonchev–Trinajstić information content (AvgIpc) is 3.74. The Bertz CT molecular complexity index is 3030. The molecule has 0 saturated heterocycles. The van der Waals surface area contributed by atoms with Gasteiger partial charge in [0.25, 0.3) is 0 Å². The molecule has 1 spiro atoms. The summed E-state index contributed by atoms with van der Waals surface area (Å²) in [6.07, 6.45) is 7.01. The Hall–Kier alpha value is -6.44. The van der Waals surface area contributed by atoms with Crippen molar-refractivity contribution in [3.63, 3.8) is 0 Å². The van der Waals surface area contributed by atoms with Gasteiger partial charge in [0.15, 0.2) is 0 Å². The standard InChI is InChI=1S/C61H51N/c1-60(2)53-22-10-6-18-48(53)52-38-43(29-32-54(52)60)41-27-30-46(31-28-41)62(57-25-12-8-17-47(57)42-15-4-3-5-16-42)58-26-13-9-19-49(58)50-21-14-24-56-59(50)51-20-7-11-23-55(51)61(56)44-34-39-33-40(36-44)37-45(61)35-39/h3-32,38-40,44-45H,33-37H2,1-2H3. The number of benzene rings is 8. The van der Waals surface area contributed by atoms with E-state index in [9.17, 15) is 0 Å². The first kappa shape index (κ1) is 36.2. The molecule has 14 rings (SSSR count). The Morgan fingerprint density at radius 3 is 1.63 bits per heavy atom. The summed E-state index contributed by atoms with van der Waals surface area (Å²) in [5.74, 6) is 3.29. The van der Waals surface area contributed by atoms with Crippen molar-refractivity contribution in [1.82, 2.24) is 0 Å². The third-order valence-corrected chi connectivity index (χ3v) is 16.3. The maximum Gasteiger partial charge on any atom is 0.0540 e. The molecule has 0 heterocycles. The number of fused-ring (bicyclic) bond motifs is 6. The SMILES string of the molecule is CC1(C)c2ccccc2-c2cc(-c3ccc(N(c4ccccc4-c4ccccc4)c4ccccc4-c4cccc5c4-c4ccccc4C54C5CC6CC(C5)CC4C6)cc3)ccc21. The molecule has 8 aromatic rings. The lowest BCUT2D eigenvalue weighted by Gasteiger charge is -2.61. The Labute approximate surface area is 366 Å². The van der Waals surface area contributed by atoms with Gasteiger partial charge in [0.1, 0.15) is 0 Å². The van der Waals surface area contributed by atoms with Gasteiger partial charge in [-0.3, -0.25) is 0 Å². The zero-order valence-corrected chi connectivity index (χ0v) is 35.7. The van der Waals surface area contributed by atoms with Crippen LogP contribution in [0.4, 0.5) is 17.1 Å². The third kappa shape index (κ3) is 5.09. The monoisotopic (exact) mass is 797 g/mol. The second-order valence-electron chi connectivity index (χ2n) is 19.7. The number of hydrogen-bond donors (Lipinski definition) is 0. The fraction of sp³-hybridized carbons (Fsp3) is 0.213. The van der Waals surface area contributed by atoms with Crippen LogP contribution in [0.3, 0.4) is 0 Å². The number of rotatable bonds is 6. The number of hydrogen-bond acceptors (Lipinski definition) is 1. The first-order valence-electron chi connectivity index (χ1n) is 23.1. The van der Waals surface area contributed by atoms with E-state index in [0.29, 0.717) is 0 Å². The summed E-state index contributed by atoms with van der Waals surface area (Å²) < 4.78 is 0. The van der Waals surface area contributed by atoms with Crippen molar-refractivity contribution in [2.75, 3.05) is 4.90 Å². The Morgan fingerprint density at radius 1 is 0.371 bits per heavy atom. The van der Waals surface area contributed by atoms with E-state index in [-0.39, 0.29) is 10.8 Å². The van der Waals surface area contributed by atoms with Crippen molar-refractivity contribution in [3.05, 3.63) is 210 Å². The lowest BCUT2D eigenvalue weighted by Crippen LogP contribution is -2.55. The highest BCUT2D eigenvalue weighted by Crippen LogP contribution is 2.70. The molecule has 0 N–H and O–H groups in total. The molecule has 1 heteroatoms. The molecular formula is C61H51N. The Kier molecular flexibility index (Phi) is 7.91. The summed E-state index contributed by atoms with van der Waals surface area (Å²) in [5, 5.41) is 0. The maximum absolute atomic E-state index is 2.53. The van der Waals surface area contributed by atoms with Crippen LogP contribution in [-0.2, 0) is 10.8 Å². The highest BCUT2D eigenvalue weighted by Gasteiger charge is 2.61. The van der Waals surface area contributed by atoms with E-state index < -0.39 is 0 Å². The molecule has 1 nitrogen and oxygen atoms in total. The van der Waals surface area contributed by atoms with Crippen molar-refractivity contribution in [2.24, 2.45) is 23.7 Å². The average molecular weight is 798 g/mol. The molecule has 4 bridgehead atoms. The largest absolute Gasteiger partial charge is 0.309 e. The van der Waals surface area contributed by atoms with Crippen molar-refractivity contribution in [1.29, 1.82) is 0 Å². The highest BCUT2D eigenvalue weighted by molar-refractivity contribution is 6.00. The lowest BCUT2D eigenvalue weighted by atomic mass is 9.43. The quantitative estimate of drug-likeness (QED) is 0.162. The topological polar surface area (TPSA) is 3.24 Å². The molecule has 62 heavy (non-hydrogen) atoms. The molecule has 300 valence electrons. The van der Waals surface area contributed by atoms with E-state index in [2.05, 4.69) is 207 Å². The van der Waals surface area contributed by atoms with Gasteiger partial charge in [-0.1, -0.05) is 172 Å². The fourth-order valence-electron chi connectivity index (χ4n) is 14.0. The molecule has 4 fully saturated rings. The molecule has 0 atom stereocenters. The molecule has 0 aliphatic heterocycles. The number of anilines is 3. The van der Waals surface area contributed by atoms with Crippen molar-refractivity contribution in [2.45, 2.75) is 56.8 Å². The lowest BCUT2D eigenvalue weighted by molar-refractivity contribution is -0.0399. The zero-order valence-electron chi connectivity index (χ0n) is 35.7. The van der Waals surface area contributed by atoms with Crippen LogP contribution in [0.25, 0.3) is 55.6 Å². The van der Waals surface area contributed by atoms with Crippen LogP contribution in [0.15, 0.2) is 188 Å². The summed E-state index contributed by atoms with van der Waals surface area (Å²) in [6.45, 7) is 4.71. The van der Waals surface area contributed by atoms with E-state index in [1.54, 1.807) is 11.1 Å². The second kappa shape index (κ2) is 13.5. The highest BCUT2D eigenvalue weighted by atomic mass is 15.1. The van der Waals surface area contributed by atoms with Crippen LogP contribution in [0.5, 0.6) is 0 Å². The minimum absolute atomic E-state index is 0.00843. The predicted octanol–water partition coefficient (Wildman–Crippen LogP) is 16.2. The summed E-state index contributed by atoms with van der Waals surface area (Å²) in [6, 6.07) is 71.3. The summed E-state index contributed by atoms with van der Waals surface area (Å²) in [7, 11) is 0. The fourth-order valence-corrected chi connectivity index (χ4v) is 14.0. The normalized spacial score (nSPS) is 22.9. The Morgan fingerprint density at radius 2 is 0.903 bits per heavy atom. The van der Waals surface area contributed by atoms with Crippen LogP contribution < -0.4 is 4.90 Å². The van der Waals surface area contributed by atoms with Crippen LogP contribution in [-0.4, -0.2) is 0 Å². The van der Waals surface area contributed by atoms with E-state index in [1.807, 2.05) is 0 Å². The van der Waals surface area contributed by atoms with E-state index in [1.165, 1.54) is 110 Å². The van der Waals surface area contributed by atoms with Gasteiger partial charge in [-0.15, -0.1) is 0 Å². The van der Waals surface area contributed by atoms with E-state index in [0.717, 1.165) is 29.4 Å². The molecule has 0 amide bonds. The molecule has 6 aliphatic rings. The molecule has 0 radical (unpaired) electrons.